The van der Waals surface area contributed by atoms with Crippen LogP contribution >= 0.6 is 11.8 Å². The van der Waals surface area contributed by atoms with Gasteiger partial charge < -0.3 is 14.7 Å². The zero-order chi connectivity index (χ0) is 30.0. The number of phenolic OH excluding ortho intramolecular Hbond substituents is 1. The van der Waals surface area contributed by atoms with Crippen LogP contribution in [0.15, 0.2) is 48.5 Å². The summed E-state index contributed by atoms with van der Waals surface area (Å²) in [6.07, 6.45) is 12.4. The lowest BCUT2D eigenvalue weighted by Gasteiger charge is -2.38. The largest absolute Gasteiger partial charge is 0.508 e. The third-order valence-electron chi connectivity index (χ3n) is 10.6. The van der Waals surface area contributed by atoms with Crippen molar-refractivity contribution in [2.24, 2.45) is 11.8 Å². The summed E-state index contributed by atoms with van der Waals surface area (Å²) in [5, 5.41) is 14.1. The van der Waals surface area contributed by atoms with Crippen LogP contribution in [0.2, 0.25) is 0 Å². The average molecular weight is 609 g/mol. The molecule has 2 unspecified atom stereocenters. The second kappa shape index (κ2) is 10.8. The number of anilines is 1. The van der Waals surface area contributed by atoms with Crippen molar-refractivity contribution in [3.63, 3.8) is 0 Å². The second-order valence-electron chi connectivity index (χ2n) is 13.2. The number of alkyl halides is 1. The molecular formula is C36H37FN4O2S. The second-order valence-corrected chi connectivity index (χ2v) is 14.2. The summed E-state index contributed by atoms with van der Waals surface area (Å²) in [6, 6.07) is 15.9. The molecular weight excluding hydrogens is 571 g/mol. The number of ether oxygens (including phenoxy) is 1. The van der Waals surface area contributed by atoms with Gasteiger partial charge in [-0.15, -0.1) is 6.42 Å². The van der Waals surface area contributed by atoms with Crippen LogP contribution in [0.3, 0.4) is 0 Å². The van der Waals surface area contributed by atoms with E-state index in [0.717, 1.165) is 76.7 Å². The molecule has 4 heterocycles. The maximum Gasteiger partial charge on any atom is 0.319 e. The van der Waals surface area contributed by atoms with E-state index in [1.54, 1.807) is 12.1 Å². The summed E-state index contributed by atoms with van der Waals surface area (Å²) in [7, 11) is 0. The molecule has 0 spiro atoms. The van der Waals surface area contributed by atoms with Gasteiger partial charge in [0.2, 0.25) is 0 Å². The van der Waals surface area contributed by atoms with E-state index in [4.69, 9.17) is 21.1 Å². The summed E-state index contributed by atoms with van der Waals surface area (Å²) >= 11 is 2.01. The fraction of sp³-hybridized carbons (Fsp3) is 0.444. The van der Waals surface area contributed by atoms with Gasteiger partial charge in [0.15, 0.2) is 0 Å². The Labute approximate surface area is 262 Å². The van der Waals surface area contributed by atoms with Gasteiger partial charge in [0.05, 0.1) is 11.1 Å². The van der Waals surface area contributed by atoms with Gasteiger partial charge in [-0.05, 0) is 97.2 Å². The van der Waals surface area contributed by atoms with Crippen molar-refractivity contribution in [2.75, 3.05) is 43.9 Å². The van der Waals surface area contributed by atoms with E-state index in [0.29, 0.717) is 42.7 Å². The smallest absolute Gasteiger partial charge is 0.319 e. The Morgan fingerprint density at radius 2 is 1.95 bits per heavy atom. The number of aromatic nitrogens is 2. The van der Waals surface area contributed by atoms with Gasteiger partial charge in [0.25, 0.3) is 0 Å². The molecule has 3 aliphatic heterocycles. The minimum atomic E-state index is -0.812. The Bertz CT molecular complexity index is 1800. The number of hydrogen-bond donors (Lipinski definition) is 1. The molecule has 1 aromatic heterocycles. The van der Waals surface area contributed by atoms with Crippen LogP contribution in [0.4, 0.5) is 10.2 Å². The zero-order valence-corrected chi connectivity index (χ0v) is 25.8. The van der Waals surface area contributed by atoms with Crippen LogP contribution < -0.4 is 9.64 Å². The highest BCUT2D eigenvalue weighted by molar-refractivity contribution is 7.99. The highest BCUT2D eigenvalue weighted by Gasteiger charge is 2.49. The van der Waals surface area contributed by atoms with Gasteiger partial charge in [-0.3, -0.25) is 4.90 Å². The number of halogens is 1. The number of nitrogens with zero attached hydrogens (tertiary/aromatic N) is 4. The Kier molecular flexibility index (Phi) is 6.88. The number of fused-ring (bicyclic) bond motifs is 5. The van der Waals surface area contributed by atoms with Crippen LogP contribution in [-0.2, 0) is 0 Å². The van der Waals surface area contributed by atoms with E-state index < -0.39 is 6.17 Å². The van der Waals surface area contributed by atoms with Crippen molar-refractivity contribution in [3.8, 4) is 35.2 Å². The van der Waals surface area contributed by atoms with Gasteiger partial charge in [-0.1, -0.05) is 24.1 Å². The van der Waals surface area contributed by atoms with Gasteiger partial charge in [-0.25, -0.2) is 4.39 Å². The molecule has 8 rings (SSSR count). The van der Waals surface area contributed by atoms with Gasteiger partial charge >= 0.3 is 6.01 Å². The molecule has 3 aromatic carbocycles. The standard InChI is InChI=1S/C36H37FN4O2S/c1-3-22-6-4-7-24-14-28(42)16-30(32(22)24)23-10-11-29-31(15-23)38-35(43-21-36-12-5-13-41(36)20-27(37)17-36)39-34(29)40-18-25-8-9-26(19-40)33(25)44-2/h1,4,6-7,10-11,14-16,25-27,33,42H,5,8-9,12-13,17-21H2,2H3/t25?,26?,27-,33?,36+/m1/s1. The third-order valence-corrected chi connectivity index (χ3v) is 11.9. The summed E-state index contributed by atoms with van der Waals surface area (Å²) < 4.78 is 20.9. The molecule has 6 nitrogen and oxygen atoms in total. The third kappa shape index (κ3) is 4.59. The van der Waals surface area contributed by atoms with Crippen LogP contribution in [-0.4, -0.2) is 76.0 Å². The van der Waals surface area contributed by atoms with Crippen molar-refractivity contribution in [1.82, 2.24) is 14.9 Å². The first-order chi connectivity index (χ1) is 21.4. The fourth-order valence-electron chi connectivity index (χ4n) is 8.70. The lowest BCUT2D eigenvalue weighted by molar-refractivity contribution is 0.107. The minimum absolute atomic E-state index is 0.185. The molecule has 3 saturated heterocycles. The normalized spacial score (nSPS) is 28.1. The van der Waals surface area contributed by atoms with Crippen molar-refractivity contribution in [1.29, 1.82) is 0 Å². The van der Waals surface area contributed by atoms with E-state index in [2.05, 4.69) is 40.2 Å². The first kappa shape index (κ1) is 28.0. The maximum atomic E-state index is 14.5. The molecule has 2 bridgehead atoms. The Morgan fingerprint density at radius 1 is 1.11 bits per heavy atom. The molecule has 44 heavy (non-hydrogen) atoms. The minimum Gasteiger partial charge on any atom is -0.508 e. The number of phenols is 1. The van der Waals surface area contributed by atoms with Gasteiger partial charge in [0, 0.05) is 47.6 Å². The molecule has 1 aliphatic carbocycles. The zero-order valence-electron chi connectivity index (χ0n) is 25.0. The molecule has 0 radical (unpaired) electrons. The van der Waals surface area contributed by atoms with Gasteiger partial charge in [0.1, 0.15) is 24.3 Å². The van der Waals surface area contributed by atoms with Crippen LogP contribution in [0.1, 0.15) is 37.7 Å². The highest BCUT2D eigenvalue weighted by Crippen LogP contribution is 2.46. The number of hydrogen-bond acceptors (Lipinski definition) is 7. The summed E-state index contributed by atoms with van der Waals surface area (Å²) in [5.74, 6) is 5.20. The van der Waals surface area contributed by atoms with Crippen LogP contribution in [0, 0.1) is 24.2 Å². The summed E-state index contributed by atoms with van der Waals surface area (Å²) in [5.41, 5.74) is 3.06. The predicted molar refractivity (Wildman–Crippen MR) is 176 cm³/mol. The predicted octanol–water partition coefficient (Wildman–Crippen LogP) is 6.67. The van der Waals surface area contributed by atoms with E-state index in [9.17, 15) is 9.50 Å². The monoisotopic (exact) mass is 608 g/mol. The molecule has 8 heteroatoms. The van der Waals surface area contributed by atoms with Crippen molar-refractivity contribution >= 4 is 39.3 Å². The van der Waals surface area contributed by atoms with E-state index in [1.165, 1.54) is 12.8 Å². The maximum absolute atomic E-state index is 14.5. The molecule has 226 valence electrons. The van der Waals surface area contributed by atoms with E-state index in [1.807, 2.05) is 30.0 Å². The number of piperidine rings is 1. The number of rotatable bonds is 6. The average Bonchev–Trinajstić information content (AvgIpc) is 3.64. The van der Waals surface area contributed by atoms with E-state index in [-0.39, 0.29) is 11.3 Å². The van der Waals surface area contributed by atoms with E-state index >= 15 is 0 Å². The molecule has 0 amide bonds. The molecule has 4 atom stereocenters. The first-order valence-corrected chi connectivity index (χ1v) is 17.1. The summed E-state index contributed by atoms with van der Waals surface area (Å²) in [6.45, 7) is 3.74. The Hall–Kier alpha value is -3.54. The van der Waals surface area contributed by atoms with Crippen molar-refractivity contribution in [2.45, 2.75) is 49.1 Å². The molecule has 1 N–H and O–H groups in total. The van der Waals surface area contributed by atoms with Crippen LogP contribution in [0.25, 0.3) is 32.8 Å². The van der Waals surface area contributed by atoms with Crippen molar-refractivity contribution < 1.29 is 14.2 Å². The molecule has 4 aliphatic rings. The Morgan fingerprint density at radius 3 is 2.75 bits per heavy atom. The van der Waals surface area contributed by atoms with Crippen molar-refractivity contribution in [3.05, 3.63) is 54.1 Å². The fourth-order valence-corrected chi connectivity index (χ4v) is 9.92. The van der Waals surface area contributed by atoms with Gasteiger partial charge in [-0.2, -0.15) is 21.7 Å². The molecule has 4 fully saturated rings. The lowest BCUT2D eigenvalue weighted by Crippen LogP contribution is -2.44. The number of benzene rings is 3. The number of aromatic hydroxyl groups is 1. The topological polar surface area (TPSA) is 61.7 Å². The number of terminal acetylenes is 1. The van der Waals surface area contributed by atoms with Crippen LogP contribution in [0.5, 0.6) is 11.8 Å². The number of thioether (sulfide) groups is 1. The SMILES string of the molecule is C#Cc1cccc2cc(O)cc(-c3ccc4c(N5CC6CCC(C5)C6SC)nc(OC[C@@]56CCCN5C[C@H](F)C6)nc4c3)c12. The first-order valence-electron chi connectivity index (χ1n) is 15.8. The lowest BCUT2D eigenvalue weighted by atomic mass is 9.93. The molecule has 1 saturated carbocycles. The molecule has 4 aromatic rings. The highest BCUT2D eigenvalue weighted by atomic mass is 32.2. The summed E-state index contributed by atoms with van der Waals surface area (Å²) in [4.78, 5) is 14.7. The quantitative estimate of drug-likeness (QED) is 0.245. The Balaban J connectivity index is 1.23.